The molecule has 1 aliphatic rings. The third-order valence-electron chi connectivity index (χ3n) is 5.31. The number of fused-ring (bicyclic) bond motifs is 1. The lowest BCUT2D eigenvalue weighted by molar-refractivity contribution is 0.443. The van der Waals surface area contributed by atoms with Crippen molar-refractivity contribution in [1.29, 1.82) is 0 Å². The standard InChI is InChI=1S/C20H21N7S/c1-27(16-6-8-21-9-7-16)20-24-19-18(28-20)10-17(25-26-19)14-4-2-13(3-5-14)15-11-22-23-12-15/h2-5,10-12,16,21H,6-9H2,1H3,(H,22,23). The highest BCUT2D eigenvalue weighted by molar-refractivity contribution is 7.22. The summed E-state index contributed by atoms with van der Waals surface area (Å²) in [6.45, 7) is 2.14. The number of nitrogens with one attached hydrogen (secondary N) is 2. The fourth-order valence-electron chi connectivity index (χ4n) is 3.62. The molecule has 0 aliphatic carbocycles. The molecule has 0 amide bonds. The molecule has 1 saturated heterocycles. The van der Waals surface area contributed by atoms with Crippen molar-refractivity contribution in [3.8, 4) is 22.4 Å². The molecule has 0 bridgehead atoms. The predicted molar refractivity (Wildman–Crippen MR) is 113 cm³/mol. The summed E-state index contributed by atoms with van der Waals surface area (Å²) in [6.07, 6.45) is 6.00. The Morgan fingerprint density at radius 2 is 1.82 bits per heavy atom. The minimum Gasteiger partial charge on any atom is -0.348 e. The summed E-state index contributed by atoms with van der Waals surface area (Å²) in [4.78, 5) is 7.01. The summed E-state index contributed by atoms with van der Waals surface area (Å²) in [5.41, 5.74) is 4.82. The zero-order valence-electron chi connectivity index (χ0n) is 15.6. The van der Waals surface area contributed by atoms with Crippen LogP contribution in [0.15, 0.2) is 42.7 Å². The van der Waals surface area contributed by atoms with Crippen molar-refractivity contribution >= 4 is 26.8 Å². The van der Waals surface area contributed by atoms with Crippen LogP contribution in [-0.4, -0.2) is 51.6 Å². The first-order valence-corrected chi connectivity index (χ1v) is 10.3. The predicted octanol–water partition coefficient (Wildman–Crippen LogP) is 3.33. The maximum absolute atomic E-state index is 4.71. The van der Waals surface area contributed by atoms with E-state index < -0.39 is 0 Å². The molecular formula is C20H21N7S. The summed E-state index contributed by atoms with van der Waals surface area (Å²) < 4.78 is 1.07. The first-order chi connectivity index (χ1) is 13.8. The van der Waals surface area contributed by atoms with Crippen molar-refractivity contribution < 1.29 is 0 Å². The molecule has 1 aromatic carbocycles. The lowest BCUT2D eigenvalue weighted by Crippen LogP contribution is -2.41. The SMILES string of the molecule is CN(c1nc2nnc(-c3ccc(-c4cn[nH]c4)cc3)cc2s1)C1CCNCC1. The lowest BCUT2D eigenvalue weighted by Gasteiger charge is -2.31. The van der Waals surface area contributed by atoms with Gasteiger partial charge in [0.1, 0.15) is 0 Å². The van der Waals surface area contributed by atoms with E-state index in [2.05, 4.69) is 68.0 Å². The fourth-order valence-corrected chi connectivity index (χ4v) is 4.59. The van der Waals surface area contributed by atoms with Crippen LogP contribution in [0.1, 0.15) is 12.8 Å². The molecule has 5 rings (SSSR count). The van der Waals surface area contributed by atoms with Crippen molar-refractivity contribution in [3.05, 3.63) is 42.7 Å². The second kappa shape index (κ2) is 7.29. The minimum absolute atomic E-state index is 0.532. The zero-order chi connectivity index (χ0) is 18.9. The Hall–Kier alpha value is -2.84. The number of piperidine rings is 1. The number of nitrogens with zero attached hydrogens (tertiary/aromatic N) is 5. The molecule has 0 radical (unpaired) electrons. The van der Waals surface area contributed by atoms with Crippen LogP contribution in [0.5, 0.6) is 0 Å². The van der Waals surface area contributed by atoms with Gasteiger partial charge in [-0.2, -0.15) is 10.1 Å². The second-order valence-corrected chi connectivity index (χ2v) is 8.08. The van der Waals surface area contributed by atoms with Gasteiger partial charge in [-0.15, -0.1) is 10.2 Å². The van der Waals surface area contributed by atoms with Crippen LogP contribution in [0.2, 0.25) is 0 Å². The number of rotatable bonds is 4. The van der Waals surface area contributed by atoms with Crippen molar-refractivity contribution in [2.75, 3.05) is 25.0 Å². The highest BCUT2D eigenvalue weighted by atomic mass is 32.1. The fraction of sp³-hybridized carbons (Fsp3) is 0.300. The van der Waals surface area contributed by atoms with Gasteiger partial charge in [-0.25, -0.2) is 0 Å². The van der Waals surface area contributed by atoms with Crippen LogP contribution in [0.4, 0.5) is 5.13 Å². The molecule has 0 atom stereocenters. The Bertz CT molecular complexity index is 1070. The molecule has 3 aromatic heterocycles. The van der Waals surface area contributed by atoms with E-state index in [9.17, 15) is 0 Å². The van der Waals surface area contributed by atoms with Crippen LogP contribution < -0.4 is 10.2 Å². The van der Waals surface area contributed by atoms with Gasteiger partial charge in [0.2, 0.25) is 0 Å². The Balaban J connectivity index is 1.41. The third kappa shape index (κ3) is 3.25. The van der Waals surface area contributed by atoms with Crippen LogP contribution in [0.25, 0.3) is 32.7 Å². The largest absolute Gasteiger partial charge is 0.348 e. The average molecular weight is 392 g/mol. The van der Waals surface area contributed by atoms with Gasteiger partial charge in [0, 0.05) is 30.4 Å². The third-order valence-corrected chi connectivity index (χ3v) is 6.40. The van der Waals surface area contributed by atoms with Crippen LogP contribution in [0, 0.1) is 0 Å². The molecule has 0 spiro atoms. The van der Waals surface area contributed by atoms with Crippen LogP contribution >= 0.6 is 11.3 Å². The van der Waals surface area contributed by atoms with Gasteiger partial charge < -0.3 is 10.2 Å². The van der Waals surface area contributed by atoms with Gasteiger partial charge in [0.25, 0.3) is 0 Å². The number of benzene rings is 1. The van der Waals surface area contributed by atoms with E-state index in [4.69, 9.17) is 4.98 Å². The first-order valence-electron chi connectivity index (χ1n) is 9.45. The number of H-pyrrole nitrogens is 1. The van der Waals surface area contributed by atoms with E-state index in [1.54, 1.807) is 11.3 Å². The molecule has 28 heavy (non-hydrogen) atoms. The van der Waals surface area contributed by atoms with E-state index in [0.29, 0.717) is 6.04 Å². The van der Waals surface area contributed by atoms with Crippen molar-refractivity contribution in [2.24, 2.45) is 0 Å². The van der Waals surface area contributed by atoms with E-state index in [-0.39, 0.29) is 0 Å². The number of thiazole rings is 1. The lowest BCUT2D eigenvalue weighted by atomic mass is 10.1. The Morgan fingerprint density at radius 1 is 1.04 bits per heavy atom. The normalized spacial score (nSPS) is 15.2. The molecule has 0 saturated carbocycles. The maximum atomic E-state index is 4.71. The zero-order valence-corrected chi connectivity index (χ0v) is 16.4. The summed E-state index contributed by atoms with van der Waals surface area (Å²) in [6, 6.07) is 10.9. The molecule has 8 heteroatoms. The van der Waals surface area contributed by atoms with Gasteiger partial charge in [0.15, 0.2) is 10.8 Å². The van der Waals surface area contributed by atoms with Crippen LogP contribution in [-0.2, 0) is 0 Å². The van der Waals surface area contributed by atoms with Gasteiger partial charge in [-0.3, -0.25) is 5.10 Å². The van der Waals surface area contributed by atoms with Crippen molar-refractivity contribution in [3.63, 3.8) is 0 Å². The van der Waals surface area contributed by atoms with Crippen molar-refractivity contribution in [2.45, 2.75) is 18.9 Å². The van der Waals surface area contributed by atoms with Gasteiger partial charge in [-0.1, -0.05) is 35.6 Å². The highest BCUT2D eigenvalue weighted by Crippen LogP contribution is 2.31. The number of hydrogen-bond donors (Lipinski definition) is 2. The number of anilines is 1. The molecule has 7 nitrogen and oxygen atoms in total. The average Bonchev–Trinajstić information content (AvgIpc) is 3.43. The summed E-state index contributed by atoms with van der Waals surface area (Å²) >= 11 is 1.69. The first kappa shape index (κ1) is 17.3. The molecular weight excluding hydrogens is 370 g/mol. The van der Waals surface area contributed by atoms with Gasteiger partial charge in [-0.05, 0) is 37.6 Å². The topological polar surface area (TPSA) is 82.6 Å². The van der Waals surface area contributed by atoms with Gasteiger partial charge in [0.05, 0.1) is 16.6 Å². The van der Waals surface area contributed by atoms with E-state index in [1.807, 2.05) is 12.4 Å². The summed E-state index contributed by atoms with van der Waals surface area (Å²) in [5.74, 6) is 0. The van der Waals surface area contributed by atoms with Crippen molar-refractivity contribution in [1.82, 2.24) is 30.7 Å². The quantitative estimate of drug-likeness (QED) is 0.555. The second-order valence-electron chi connectivity index (χ2n) is 7.07. The monoisotopic (exact) mass is 391 g/mol. The molecule has 0 unspecified atom stereocenters. The number of hydrogen-bond acceptors (Lipinski definition) is 7. The summed E-state index contributed by atoms with van der Waals surface area (Å²) in [7, 11) is 2.14. The Kier molecular flexibility index (Phi) is 4.50. The van der Waals surface area contributed by atoms with E-state index in [1.165, 1.54) is 0 Å². The Morgan fingerprint density at radius 3 is 2.57 bits per heavy atom. The molecule has 4 aromatic rings. The summed E-state index contributed by atoms with van der Waals surface area (Å²) in [5, 5.41) is 20.1. The molecule has 4 heterocycles. The number of aromatic nitrogens is 5. The highest BCUT2D eigenvalue weighted by Gasteiger charge is 2.21. The molecule has 142 valence electrons. The maximum Gasteiger partial charge on any atom is 0.194 e. The minimum atomic E-state index is 0.532. The Labute approximate surface area is 166 Å². The van der Waals surface area contributed by atoms with E-state index in [0.717, 1.165) is 63.8 Å². The molecule has 1 fully saturated rings. The molecule has 2 N–H and O–H groups in total. The van der Waals surface area contributed by atoms with E-state index >= 15 is 0 Å². The van der Waals surface area contributed by atoms with Crippen LogP contribution in [0.3, 0.4) is 0 Å². The molecule has 1 aliphatic heterocycles. The smallest absolute Gasteiger partial charge is 0.194 e. The number of aromatic amines is 1. The van der Waals surface area contributed by atoms with Gasteiger partial charge >= 0.3 is 0 Å².